The summed E-state index contributed by atoms with van der Waals surface area (Å²) in [5, 5.41) is 10.6. The van der Waals surface area contributed by atoms with Gasteiger partial charge in [0.25, 0.3) is 0 Å². The Kier molecular flexibility index (Phi) is 4.54. The topological polar surface area (TPSA) is 49.8 Å². The summed E-state index contributed by atoms with van der Waals surface area (Å²) < 4.78 is 0. The van der Waals surface area contributed by atoms with Gasteiger partial charge >= 0.3 is 5.97 Å². The Morgan fingerprint density at radius 1 is 1.38 bits per heavy atom. The summed E-state index contributed by atoms with van der Waals surface area (Å²) in [5.41, 5.74) is 1.02. The van der Waals surface area contributed by atoms with E-state index in [0.717, 1.165) is 5.56 Å². The number of hydroxylamine groups is 2. The van der Waals surface area contributed by atoms with E-state index in [2.05, 4.69) is 4.84 Å². The maximum absolute atomic E-state index is 11.2. The molecule has 1 N–H and O–H groups in total. The molecular formula is C12H15NO3. The molecule has 1 aromatic carbocycles. The van der Waals surface area contributed by atoms with Crippen molar-refractivity contribution in [2.75, 3.05) is 14.1 Å². The highest BCUT2D eigenvalue weighted by Crippen LogP contribution is 2.03. The van der Waals surface area contributed by atoms with E-state index in [1.54, 1.807) is 14.1 Å². The molecule has 0 bridgehead atoms. The standard InChI is InChI=1S/C12H15NO3/c1-13(2)16-12(15)11(14)9-8-10-6-4-3-5-7-10/h3-7,9,14H,8H2,1-2H3. The van der Waals surface area contributed by atoms with Crippen LogP contribution in [-0.2, 0) is 16.1 Å². The molecule has 0 amide bonds. The van der Waals surface area contributed by atoms with Gasteiger partial charge in [0.05, 0.1) is 0 Å². The predicted molar refractivity (Wildman–Crippen MR) is 60.6 cm³/mol. The maximum atomic E-state index is 11.2. The second-order valence-electron chi connectivity index (χ2n) is 3.47. The molecule has 0 fully saturated rings. The molecular weight excluding hydrogens is 206 g/mol. The van der Waals surface area contributed by atoms with Gasteiger partial charge in [0.2, 0.25) is 0 Å². The Hall–Kier alpha value is -1.81. The number of aliphatic hydroxyl groups is 1. The number of hydrogen-bond acceptors (Lipinski definition) is 4. The largest absolute Gasteiger partial charge is 0.502 e. The van der Waals surface area contributed by atoms with Crippen molar-refractivity contribution in [2.24, 2.45) is 0 Å². The normalized spacial score (nSPS) is 11.6. The van der Waals surface area contributed by atoms with E-state index in [9.17, 15) is 9.90 Å². The molecule has 0 saturated carbocycles. The van der Waals surface area contributed by atoms with Crippen LogP contribution < -0.4 is 0 Å². The van der Waals surface area contributed by atoms with Crippen molar-refractivity contribution >= 4 is 5.97 Å². The molecule has 16 heavy (non-hydrogen) atoms. The van der Waals surface area contributed by atoms with Crippen molar-refractivity contribution in [3.05, 3.63) is 47.7 Å². The number of aliphatic hydroxyl groups excluding tert-OH is 1. The second-order valence-corrected chi connectivity index (χ2v) is 3.47. The van der Waals surface area contributed by atoms with Gasteiger partial charge in [-0.05, 0) is 18.1 Å². The molecule has 0 spiro atoms. The SMILES string of the molecule is CN(C)OC(=O)C(O)=CCc1ccccc1. The van der Waals surface area contributed by atoms with E-state index in [-0.39, 0.29) is 5.76 Å². The molecule has 0 heterocycles. The summed E-state index contributed by atoms with van der Waals surface area (Å²) in [7, 11) is 3.14. The van der Waals surface area contributed by atoms with Gasteiger partial charge < -0.3 is 9.94 Å². The molecule has 4 nitrogen and oxygen atoms in total. The van der Waals surface area contributed by atoms with Gasteiger partial charge in [-0.15, -0.1) is 5.06 Å². The van der Waals surface area contributed by atoms with Crippen LogP contribution in [0.15, 0.2) is 42.2 Å². The number of hydrogen-bond donors (Lipinski definition) is 1. The zero-order valence-corrected chi connectivity index (χ0v) is 9.38. The Morgan fingerprint density at radius 3 is 2.56 bits per heavy atom. The van der Waals surface area contributed by atoms with Crippen LogP contribution in [0.4, 0.5) is 0 Å². The fourth-order valence-electron chi connectivity index (χ4n) is 1.12. The third kappa shape index (κ3) is 4.14. The molecule has 0 saturated heterocycles. The average molecular weight is 221 g/mol. The number of allylic oxidation sites excluding steroid dienone is 1. The maximum Gasteiger partial charge on any atom is 0.391 e. The first-order valence-electron chi connectivity index (χ1n) is 4.92. The van der Waals surface area contributed by atoms with Gasteiger partial charge in [-0.25, -0.2) is 4.79 Å². The number of nitrogens with zero attached hydrogens (tertiary/aromatic N) is 1. The van der Waals surface area contributed by atoms with Crippen molar-refractivity contribution in [2.45, 2.75) is 6.42 Å². The van der Waals surface area contributed by atoms with Gasteiger partial charge in [-0.3, -0.25) is 0 Å². The van der Waals surface area contributed by atoms with Crippen molar-refractivity contribution < 1.29 is 14.7 Å². The number of carbonyl (C=O) groups excluding carboxylic acids is 1. The lowest BCUT2D eigenvalue weighted by atomic mass is 10.1. The highest BCUT2D eigenvalue weighted by atomic mass is 16.7. The summed E-state index contributed by atoms with van der Waals surface area (Å²) in [6.45, 7) is 0. The van der Waals surface area contributed by atoms with Crippen molar-refractivity contribution in [3.8, 4) is 0 Å². The first kappa shape index (κ1) is 12.3. The summed E-state index contributed by atoms with van der Waals surface area (Å²) >= 11 is 0. The molecule has 0 unspecified atom stereocenters. The minimum atomic E-state index is -0.749. The van der Waals surface area contributed by atoms with Gasteiger partial charge in [0.15, 0.2) is 5.76 Å². The Morgan fingerprint density at radius 2 is 2.00 bits per heavy atom. The van der Waals surface area contributed by atoms with Crippen LogP contribution in [0.3, 0.4) is 0 Å². The zero-order valence-electron chi connectivity index (χ0n) is 9.38. The van der Waals surface area contributed by atoms with Crippen LogP contribution in [0.2, 0.25) is 0 Å². The molecule has 0 aromatic heterocycles. The van der Waals surface area contributed by atoms with E-state index in [1.165, 1.54) is 11.1 Å². The highest BCUT2D eigenvalue weighted by Gasteiger charge is 2.09. The molecule has 0 aliphatic carbocycles. The third-order valence-corrected chi connectivity index (χ3v) is 1.85. The Labute approximate surface area is 94.7 Å². The average Bonchev–Trinajstić information content (AvgIpc) is 2.26. The van der Waals surface area contributed by atoms with Crippen LogP contribution in [0.5, 0.6) is 0 Å². The van der Waals surface area contributed by atoms with E-state index in [0.29, 0.717) is 6.42 Å². The lowest BCUT2D eigenvalue weighted by molar-refractivity contribution is -0.176. The van der Waals surface area contributed by atoms with E-state index < -0.39 is 5.97 Å². The van der Waals surface area contributed by atoms with Gasteiger partial charge in [-0.2, -0.15) is 0 Å². The molecule has 0 aliphatic heterocycles. The van der Waals surface area contributed by atoms with E-state index in [1.807, 2.05) is 30.3 Å². The van der Waals surface area contributed by atoms with E-state index >= 15 is 0 Å². The third-order valence-electron chi connectivity index (χ3n) is 1.85. The molecule has 4 heteroatoms. The van der Waals surface area contributed by atoms with Crippen molar-refractivity contribution in [3.63, 3.8) is 0 Å². The lowest BCUT2D eigenvalue weighted by Crippen LogP contribution is -2.19. The summed E-state index contributed by atoms with van der Waals surface area (Å²) in [6.07, 6.45) is 1.93. The second kappa shape index (κ2) is 5.92. The molecule has 0 atom stereocenters. The van der Waals surface area contributed by atoms with E-state index in [4.69, 9.17) is 0 Å². The quantitative estimate of drug-likeness (QED) is 0.477. The zero-order chi connectivity index (χ0) is 12.0. The molecule has 1 aromatic rings. The minimum absolute atomic E-state index is 0.377. The summed E-state index contributed by atoms with van der Waals surface area (Å²) in [6, 6.07) is 9.55. The fourth-order valence-corrected chi connectivity index (χ4v) is 1.12. The molecule has 86 valence electrons. The smallest absolute Gasteiger partial charge is 0.391 e. The van der Waals surface area contributed by atoms with Crippen LogP contribution in [-0.4, -0.2) is 30.2 Å². The van der Waals surface area contributed by atoms with Crippen LogP contribution >= 0.6 is 0 Å². The first-order chi connectivity index (χ1) is 7.59. The molecule has 0 aliphatic rings. The number of carbonyl (C=O) groups is 1. The summed E-state index contributed by atoms with van der Waals surface area (Å²) in [4.78, 5) is 15.9. The minimum Gasteiger partial charge on any atom is -0.502 e. The predicted octanol–water partition coefficient (Wildman–Crippen LogP) is 1.69. The van der Waals surface area contributed by atoms with Gasteiger partial charge in [0.1, 0.15) is 0 Å². The first-order valence-corrected chi connectivity index (χ1v) is 4.92. The Bertz CT molecular complexity index is 371. The van der Waals surface area contributed by atoms with Crippen LogP contribution in [0.25, 0.3) is 0 Å². The summed E-state index contributed by atoms with van der Waals surface area (Å²) in [5.74, 6) is -1.13. The number of benzene rings is 1. The van der Waals surface area contributed by atoms with Gasteiger partial charge in [-0.1, -0.05) is 30.3 Å². The number of rotatable bonds is 4. The van der Waals surface area contributed by atoms with Crippen molar-refractivity contribution in [1.29, 1.82) is 0 Å². The van der Waals surface area contributed by atoms with Crippen LogP contribution in [0, 0.1) is 0 Å². The van der Waals surface area contributed by atoms with Crippen LogP contribution in [0.1, 0.15) is 5.56 Å². The fraction of sp³-hybridized carbons (Fsp3) is 0.250. The monoisotopic (exact) mass is 221 g/mol. The molecule has 1 rings (SSSR count). The lowest BCUT2D eigenvalue weighted by Gasteiger charge is -2.08. The Balaban J connectivity index is 2.54. The van der Waals surface area contributed by atoms with Gasteiger partial charge in [0, 0.05) is 14.1 Å². The van der Waals surface area contributed by atoms with Crippen molar-refractivity contribution in [1.82, 2.24) is 5.06 Å². The molecule has 0 radical (unpaired) electrons. The highest BCUT2D eigenvalue weighted by molar-refractivity contribution is 5.85.